The Hall–Kier alpha value is -2.62. The van der Waals surface area contributed by atoms with Crippen molar-refractivity contribution in [1.29, 1.82) is 0 Å². The van der Waals surface area contributed by atoms with Crippen molar-refractivity contribution in [2.45, 2.75) is 0 Å². The first-order chi connectivity index (χ1) is 9.24. The third-order valence-electron chi connectivity index (χ3n) is 2.43. The molecular weight excluding hydrogens is 240 g/mol. The van der Waals surface area contributed by atoms with Crippen LogP contribution in [0.3, 0.4) is 0 Å². The lowest BCUT2D eigenvalue weighted by atomic mass is 10.1. The number of allylic oxidation sites excluding steroid dienone is 3. The van der Waals surface area contributed by atoms with E-state index in [0.717, 1.165) is 11.3 Å². The predicted octanol–water partition coefficient (Wildman–Crippen LogP) is 3.31. The summed E-state index contributed by atoms with van der Waals surface area (Å²) in [7, 11) is 1.62. The molecule has 0 radical (unpaired) electrons. The molecule has 0 aromatic heterocycles. The number of benzene rings is 1. The Kier molecular flexibility index (Phi) is 5.82. The van der Waals surface area contributed by atoms with Crippen LogP contribution in [-0.4, -0.2) is 25.2 Å². The lowest BCUT2D eigenvalue weighted by Gasteiger charge is -2.00. The molecule has 98 valence electrons. The van der Waals surface area contributed by atoms with Gasteiger partial charge in [-0.1, -0.05) is 36.0 Å². The summed E-state index contributed by atoms with van der Waals surface area (Å²) in [6, 6.07) is 7.58. The topological polar surface area (TPSA) is 54.2 Å². The first-order valence-corrected chi connectivity index (χ1v) is 5.58. The lowest BCUT2D eigenvalue weighted by Crippen LogP contribution is -1.86. The number of aliphatic imine (C=N–C) groups is 1. The number of ether oxygens (including phenoxy) is 1. The maximum atomic E-state index is 8.54. The molecule has 1 aromatic carbocycles. The smallest absolute Gasteiger partial charge is 0.118 e. The van der Waals surface area contributed by atoms with E-state index >= 15 is 0 Å². The Balaban J connectivity index is 2.99. The van der Waals surface area contributed by atoms with E-state index in [2.05, 4.69) is 23.4 Å². The molecule has 0 fully saturated rings. The second-order valence-corrected chi connectivity index (χ2v) is 3.55. The highest BCUT2D eigenvalue weighted by Gasteiger charge is 1.96. The second-order valence-electron chi connectivity index (χ2n) is 3.55. The first kappa shape index (κ1) is 14.4. The van der Waals surface area contributed by atoms with Gasteiger partial charge in [-0.05, 0) is 30.5 Å². The van der Waals surface area contributed by atoms with Gasteiger partial charge in [0.1, 0.15) is 5.75 Å². The molecule has 4 nitrogen and oxygen atoms in total. The van der Waals surface area contributed by atoms with Gasteiger partial charge < -0.3 is 9.94 Å². The van der Waals surface area contributed by atoms with Crippen LogP contribution in [0.25, 0.3) is 6.08 Å². The molecule has 1 aromatic rings. The third-order valence-corrected chi connectivity index (χ3v) is 2.43. The minimum atomic E-state index is 0.573. The van der Waals surface area contributed by atoms with Crippen LogP contribution < -0.4 is 4.74 Å². The molecule has 0 aliphatic carbocycles. The van der Waals surface area contributed by atoms with Crippen molar-refractivity contribution in [3.63, 3.8) is 0 Å². The van der Waals surface area contributed by atoms with Gasteiger partial charge in [0.2, 0.25) is 0 Å². The summed E-state index contributed by atoms with van der Waals surface area (Å²) >= 11 is 0. The number of methoxy groups -OCH3 is 1. The van der Waals surface area contributed by atoms with Gasteiger partial charge in [-0.25, -0.2) is 0 Å². The summed E-state index contributed by atoms with van der Waals surface area (Å²) in [5, 5.41) is 11.5. The molecule has 0 aliphatic rings. The molecular formula is C15H16N2O2. The fraction of sp³-hybridized carbons (Fsp3) is 0.0667. The van der Waals surface area contributed by atoms with Crippen molar-refractivity contribution >= 4 is 19.0 Å². The highest BCUT2D eigenvalue weighted by Crippen LogP contribution is 2.14. The molecule has 0 heterocycles. The van der Waals surface area contributed by atoms with Crippen molar-refractivity contribution in [3.8, 4) is 5.75 Å². The first-order valence-electron chi connectivity index (χ1n) is 5.58. The monoisotopic (exact) mass is 256 g/mol. The van der Waals surface area contributed by atoms with Crippen LogP contribution in [-0.2, 0) is 0 Å². The van der Waals surface area contributed by atoms with Gasteiger partial charge in [0.05, 0.1) is 19.0 Å². The Morgan fingerprint density at radius 3 is 2.47 bits per heavy atom. The standard InChI is InChI=1S/C15H16N2O2/c1-4-13(11-17-18)15(16-2)10-7-12-5-8-14(19-3)9-6-12/h4-11,18H,1-2H2,3H3/b10-7+,15-13+,17-11+. The van der Waals surface area contributed by atoms with Gasteiger partial charge in [-0.2, -0.15) is 0 Å². The number of hydrogen-bond donors (Lipinski definition) is 1. The van der Waals surface area contributed by atoms with Crippen LogP contribution in [0.1, 0.15) is 5.56 Å². The Morgan fingerprint density at radius 1 is 1.32 bits per heavy atom. The average Bonchev–Trinajstić information content (AvgIpc) is 2.47. The van der Waals surface area contributed by atoms with Crippen LogP contribution in [0, 0.1) is 0 Å². The molecule has 1 N–H and O–H groups in total. The zero-order valence-corrected chi connectivity index (χ0v) is 10.8. The number of hydrogen-bond acceptors (Lipinski definition) is 4. The minimum Gasteiger partial charge on any atom is -0.497 e. The van der Waals surface area contributed by atoms with Crippen LogP contribution in [0.2, 0.25) is 0 Å². The lowest BCUT2D eigenvalue weighted by molar-refractivity contribution is 0.322. The summed E-state index contributed by atoms with van der Waals surface area (Å²) in [4.78, 5) is 3.87. The molecule has 19 heavy (non-hydrogen) atoms. The van der Waals surface area contributed by atoms with Gasteiger partial charge in [-0.15, -0.1) is 0 Å². The highest BCUT2D eigenvalue weighted by molar-refractivity contribution is 5.84. The molecule has 0 saturated heterocycles. The molecule has 0 bridgehead atoms. The molecule has 1 rings (SSSR count). The quantitative estimate of drug-likeness (QED) is 0.367. The molecule has 0 unspecified atom stereocenters. The van der Waals surface area contributed by atoms with E-state index in [1.54, 1.807) is 19.3 Å². The van der Waals surface area contributed by atoms with Gasteiger partial charge >= 0.3 is 0 Å². The molecule has 0 atom stereocenters. The maximum absolute atomic E-state index is 8.54. The zero-order valence-electron chi connectivity index (χ0n) is 10.8. The van der Waals surface area contributed by atoms with Gasteiger partial charge in [0, 0.05) is 5.57 Å². The van der Waals surface area contributed by atoms with Gasteiger partial charge in [-0.3, -0.25) is 4.99 Å². The van der Waals surface area contributed by atoms with E-state index in [0.29, 0.717) is 11.3 Å². The van der Waals surface area contributed by atoms with Crippen LogP contribution in [0.4, 0.5) is 0 Å². The Bertz CT molecular complexity index is 526. The third kappa shape index (κ3) is 4.27. The van der Waals surface area contributed by atoms with E-state index in [4.69, 9.17) is 9.94 Å². The van der Waals surface area contributed by atoms with Crippen molar-refractivity contribution in [3.05, 3.63) is 59.8 Å². The second kappa shape index (κ2) is 7.66. The van der Waals surface area contributed by atoms with Crippen molar-refractivity contribution in [1.82, 2.24) is 0 Å². The molecule has 0 saturated carbocycles. The van der Waals surface area contributed by atoms with Crippen molar-refractivity contribution in [2.75, 3.05) is 7.11 Å². The SMILES string of the molecule is C=CC(/C=N/O)=C(/C=C/c1ccc(OC)cc1)N=C. The van der Waals surface area contributed by atoms with E-state index < -0.39 is 0 Å². The normalized spacial score (nSPS) is 12.5. The van der Waals surface area contributed by atoms with Gasteiger partial charge in [0.25, 0.3) is 0 Å². The Morgan fingerprint density at radius 2 is 2.00 bits per heavy atom. The molecule has 0 aliphatic heterocycles. The number of rotatable bonds is 6. The van der Waals surface area contributed by atoms with Crippen molar-refractivity contribution in [2.24, 2.45) is 10.1 Å². The highest BCUT2D eigenvalue weighted by atomic mass is 16.5. The van der Waals surface area contributed by atoms with E-state index in [-0.39, 0.29) is 0 Å². The molecule has 4 heteroatoms. The van der Waals surface area contributed by atoms with Crippen LogP contribution >= 0.6 is 0 Å². The summed E-state index contributed by atoms with van der Waals surface area (Å²) in [6.07, 6.45) is 6.45. The molecule has 0 amide bonds. The predicted molar refractivity (Wildman–Crippen MR) is 79.1 cm³/mol. The van der Waals surface area contributed by atoms with E-state index in [9.17, 15) is 0 Å². The van der Waals surface area contributed by atoms with Crippen LogP contribution in [0.5, 0.6) is 5.75 Å². The maximum Gasteiger partial charge on any atom is 0.118 e. The summed E-state index contributed by atoms with van der Waals surface area (Å²) in [5.74, 6) is 0.800. The average molecular weight is 256 g/mol. The van der Waals surface area contributed by atoms with E-state index in [1.165, 1.54) is 6.21 Å². The minimum absolute atomic E-state index is 0.573. The largest absolute Gasteiger partial charge is 0.497 e. The summed E-state index contributed by atoms with van der Waals surface area (Å²) in [6.45, 7) is 7.11. The summed E-state index contributed by atoms with van der Waals surface area (Å²) in [5.41, 5.74) is 2.15. The fourth-order valence-corrected chi connectivity index (χ4v) is 1.42. The van der Waals surface area contributed by atoms with Crippen LogP contribution in [0.15, 0.2) is 64.4 Å². The summed E-state index contributed by atoms with van der Waals surface area (Å²) < 4.78 is 5.08. The fourth-order valence-electron chi connectivity index (χ4n) is 1.42. The van der Waals surface area contributed by atoms with Crippen molar-refractivity contribution < 1.29 is 9.94 Å². The Labute approximate surface area is 112 Å². The number of oxime groups is 1. The molecule has 0 spiro atoms. The van der Waals surface area contributed by atoms with Gasteiger partial charge in [0.15, 0.2) is 0 Å². The van der Waals surface area contributed by atoms with E-state index in [1.807, 2.05) is 30.3 Å². The number of nitrogens with zero attached hydrogens (tertiary/aromatic N) is 2. The zero-order chi connectivity index (χ0) is 14.1.